The third kappa shape index (κ3) is 4.12. The zero-order valence-corrected chi connectivity index (χ0v) is 11.2. The lowest BCUT2D eigenvalue weighted by atomic mass is 10.1. The summed E-state index contributed by atoms with van der Waals surface area (Å²) in [5, 5.41) is 11.5. The number of benzene rings is 1. The third-order valence-electron chi connectivity index (χ3n) is 2.83. The van der Waals surface area contributed by atoms with Gasteiger partial charge in [0.2, 0.25) is 0 Å². The maximum absolute atomic E-state index is 12.1. The van der Waals surface area contributed by atoms with Gasteiger partial charge in [-0.15, -0.1) is 0 Å². The van der Waals surface area contributed by atoms with E-state index in [4.69, 9.17) is 10.8 Å². The van der Waals surface area contributed by atoms with E-state index in [1.165, 1.54) is 6.20 Å². The number of nitrogens with zero attached hydrogens (tertiary/aromatic N) is 1. The number of aliphatic carboxylic acids is 1. The van der Waals surface area contributed by atoms with E-state index >= 15 is 0 Å². The quantitative estimate of drug-likeness (QED) is 0.770. The standard InChI is InChI=1S/C15H15N3O3/c16-9-13-8-11(4-5-17-13)15(21)18-12-3-1-2-10(6-12)7-14(19)20/h1-6,8H,7,9,16H2,(H,18,21)(H,19,20). The van der Waals surface area contributed by atoms with Crippen LogP contribution in [0.25, 0.3) is 0 Å². The summed E-state index contributed by atoms with van der Waals surface area (Å²) >= 11 is 0. The molecule has 1 aromatic carbocycles. The second-order valence-corrected chi connectivity index (χ2v) is 4.46. The maximum Gasteiger partial charge on any atom is 0.307 e. The summed E-state index contributed by atoms with van der Waals surface area (Å²) in [6.45, 7) is 0.259. The fourth-order valence-corrected chi connectivity index (χ4v) is 1.87. The Morgan fingerprint density at radius 1 is 1.24 bits per heavy atom. The average molecular weight is 285 g/mol. The number of nitrogens with one attached hydrogen (secondary N) is 1. The SMILES string of the molecule is NCc1cc(C(=O)Nc2cccc(CC(=O)O)c2)ccn1. The number of carboxylic acid groups (broad SMARTS) is 1. The average Bonchev–Trinajstić information content (AvgIpc) is 2.47. The Balaban J connectivity index is 2.13. The van der Waals surface area contributed by atoms with E-state index in [0.29, 0.717) is 22.5 Å². The first-order valence-corrected chi connectivity index (χ1v) is 6.35. The predicted octanol–water partition coefficient (Wildman–Crippen LogP) is 1.42. The van der Waals surface area contributed by atoms with Gasteiger partial charge in [-0.1, -0.05) is 12.1 Å². The Labute approximate surface area is 121 Å². The van der Waals surface area contributed by atoms with Gasteiger partial charge in [-0.25, -0.2) is 0 Å². The van der Waals surface area contributed by atoms with E-state index < -0.39 is 5.97 Å². The van der Waals surface area contributed by atoms with Gasteiger partial charge in [0.25, 0.3) is 5.91 Å². The number of carbonyl (C=O) groups excluding carboxylic acids is 1. The third-order valence-corrected chi connectivity index (χ3v) is 2.83. The number of carbonyl (C=O) groups is 2. The van der Waals surface area contributed by atoms with Crippen molar-refractivity contribution in [1.29, 1.82) is 0 Å². The number of hydrogen-bond donors (Lipinski definition) is 3. The van der Waals surface area contributed by atoms with Crippen LogP contribution in [0.4, 0.5) is 5.69 Å². The van der Waals surface area contributed by atoms with E-state index in [9.17, 15) is 9.59 Å². The largest absolute Gasteiger partial charge is 0.481 e. The smallest absolute Gasteiger partial charge is 0.307 e. The summed E-state index contributed by atoms with van der Waals surface area (Å²) in [6.07, 6.45) is 1.44. The van der Waals surface area contributed by atoms with E-state index in [1.54, 1.807) is 36.4 Å². The van der Waals surface area contributed by atoms with Crippen LogP contribution in [0, 0.1) is 0 Å². The van der Waals surface area contributed by atoms with Gasteiger partial charge in [0.15, 0.2) is 0 Å². The van der Waals surface area contributed by atoms with Crippen molar-refractivity contribution < 1.29 is 14.7 Å². The van der Waals surface area contributed by atoms with Crippen molar-refractivity contribution in [3.63, 3.8) is 0 Å². The molecule has 1 heterocycles. The second-order valence-electron chi connectivity index (χ2n) is 4.46. The lowest BCUT2D eigenvalue weighted by Gasteiger charge is -2.07. The summed E-state index contributed by atoms with van der Waals surface area (Å²) < 4.78 is 0. The summed E-state index contributed by atoms with van der Waals surface area (Å²) in [6, 6.07) is 9.95. The molecule has 4 N–H and O–H groups in total. The Hall–Kier alpha value is -2.73. The number of hydrogen-bond acceptors (Lipinski definition) is 4. The molecule has 2 aromatic rings. The van der Waals surface area contributed by atoms with Crippen LogP contribution in [0.15, 0.2) is 42.6 Å². The minimum atomic E-state index is -0.916. The molecule has 1 amide bonds. The van der Waals surface area contributed by atoms with Crippen molar-refractivity contribution in [1.82, 2.24) is 4.98 Å². The van der Waals surface area contributed by atoms with Crippen molar-refractivity contribution in [2.75, 3.05) is 5.32 Å². The molecule has 6 nitrogen and oxygen atoms in total. The van der Waals surface area contributed by atoms with Crippen molar-refractivity contribution >= 4 is 17.6 Å². The molecule has 2 rings (SSSR count). The Bertz CT molecular complexity index is 671. The zero-order chi connectivity index (χ0) is 15.2. The maximum atomic E-state index is 12.1. The van der Waals surface area contributed by atoms with Crippen molar-refractivity contribution in [2.45, 2.75) is 13.0 Å². The van der Waals surface area contributed by atoms with Crippen LogP contribution in [-0.2, 0) is 17.8 Å². The highest BCUT2D eigenvalue weighted by molar-refractivity contribution is 6.04. The first-order chi connectivity index (χ1) is 10.1. The number of carboxylic acids is 1. The minimum Gasteiger partial charge on any atom is -0.481 e. The van der Waals surface area contributed by atoms with Crippen molar-refractivity contribution in [3.8, 4) is 0 Å². The summed E-state index contributed by atoms with van der Waals surface area (Å²) in [5.41, 5.74) is 7.74. The van der Waals surface area contributed by atoms with E-state index in [2.05, 4.69) is 10.3 Å². The highest BCUT2D eigenvalue weighted by atomic mass is 16.4. The van der Waals surface area contributed by atoms with Gasteiger partial charge in [0.05, 0.1) is 12.1 Å². The summed E-state index contributed by atoms with van der Waals surface area (Å²) in [4.78, 5) is 26.8. The lowest BCUT2D eigenvalue weighted by molar-refractivity contribution is -0.136. The van der Waals surface area contributed by atoms with Crippen LogP contribution < -0.4 is 11.1 Å². The Kier molecular flexibility index (Phi) is 4.63. The zero-order valence-electron chi connectivity index (χ0n) is 11.2. The first kappa shape index (κ1) is 14.7. The van der Waals surface area contributed by atoms with Gasteiger partial charge >= 0.3 is 5.97 Å². The molecule has 21 heavy (non-hydrogen) atoms. The number of pyridine rings is 1. The molecule has 0 aliphatic heterocycles. The van der Waals surface area contributed by atoms with Gasteiger partial charge in [0, 0.05) is 24.0 Å². The van der Waals surface area contributed by atoms with E-state index in [-0.39, 0.29) is 18.9 Å². The lowest BCUT2D eigenvalue weighted by Crippen LogP contribution is -2.13. The summed E-state index contributed by atoms with van der Waals surface area (Å²) in [7, 11) is 0. The summed E-state index contributed by atoms with van der Waals surface area (Å²) in [5.74, 6) is -1.21. The van der Waals surface area contributed by atoms with E-state index in [1.807, 2.05) is 0 Å². The monoisotopic (exact) mass is 285 g/mol. The minimum absolute atomic E-state index is 0.0870. The molecular formula is C15H15N3O3. The van der Waals surface area contributed by atoms with Gasteiger partial charge in [-0.2, -0.15) is 0 Å². The van der Waals surface area contributed by atoms with Crippen LogP contribution in [0.1, 0.15) is 21.6 Å². The second kappa shape index (κ2) is 6.62. The Morgan fingerprint density at radius 2 is 2.05 bits per heavy atom. The van der Waals surface area contributed by atoms with Crippen LogP contribution in [0.2, 0.25) is 0 Å². The van der Waals surface area contributed by atoms with Crippen LogP contribution in [-0.4, -0.2) is 22.0 Å². The van der Waals surface area contributed by atoms with Crippen LogP contribution in [0.5, 0.6) is 0 Å². The molecule has 0 spiro atoms. The van der Waals surface area contributed by atoms with Crippen molar-refractivity contribution in [3.05, 3.63) is 59.4 Å². The van der Waals surface area contributed by atoms with Gasteiger partial charge < -0.3 is 16.2 Å². The van der Waals surface area contributed by atoms with Gasteiger partial charge in [-0.3, -0.25) is 14.6 Å². The molecule has 0 saturated heterocycles. The topological polar surface area (TPSA) is 105 Å². The molecule has 6 heteroatoms. The fourth-order valence-electron chi connectivity index (χ4n) is 1.87. The number of nitrogens with two attached hydrogens (primary N) is 1. The molecule has 0 radical (unpaired) electrons. The molecule has 0 saturated carbocycles. The normalized spacial score (nSPS) is 10.1. The molecule has 0 aliphatic rings. The highest BCUT2D eigenvalue weighted by Crippen LogP contribution is 2.13. The highest BCUT2D eigenvalue weighted by Gasteiger charge is 2.08. The van der Waals surface area contributed by atoms with Gasteiger partial charge in [-0.05, 0) is 29.8 Å². The molecule has 0 unspecified atom stereocenters. The molecule has 0 fully saturated rings. The predicted molar refractivity (Wildman–Crippen MR) is 77.9 cm³/mol. The van der Waals surface area contributed by atoms with Gasteiger partial charge in [0.1, 0.15) is 0 Å². The first-order valence-electron chi connectivity index (χ1n) is 6.35. The molecule has 0 aliphatic carbocycles. The molecule has 108 valence electrons. The molecular weight excluding hydrogens is 270 g/mol. The van der Waals surface area contributed by atoms with Crippen LogP contribution in [0.3, 0.4) is 0 Å². The molecule has 0 atom stereocenters. The van der Waals surface area contributed by atoms with E-state index in [0.717, 1.165) is 0 Å². The number of anilines is 1. The molecule has 1 aromatic heterocycles. The number of amides is 1. The fraction of sp³-hybridized carbons (Fsp3) is 0.133. The number of aromatic nitrogens is 1. The van der Waals surface area contributed by atoms with Crippen LogP contribution >= 0.6 is 0 Å². The molecule has 0 bridgehead atoms. The Morgan fingerprint density at radius 3 is 2.76 bits per heavy atom. The van der Waals surface area contributed by atoms with Crippen molar-refractivity contribution in [2.24, 2.45) is 5.73 Å². The number of rotatable bonds is 5.